The lowest BCUT2D eigenvalue weighted by atomic mass is 9.90. The van der Waals surface area contributed by atoms with Crippen LogP contribution in [-0.4, -0.2) is 66.1 Å². The Kier molecular flexibility index (Phi) is 3.60. The summed E-state index contributed by atoms with van der Waals surface area (Å²) in [6.07, 6.45) is 1.28. The fourth-order valence-electron chi connectivity index (χ4n) is 2.83. The van der Waals surface area contributed by atoms with E-state index in [9.17, 15) is 0 Å². The topological polar surface area (TPSA) is 32.5 Å². The zero-order chi connectivity index (χ0) is 10.9. The van der Waals surface area contributed by atoms with E-state index in [0.717, 1.165) is 6.54 Å². The number of nitrogens with two attached hydrogens (primary N) is 1. The maximum absolute atomic E-state index is 6.06. The summed E-state index contributed by atoms with van der Waals surface area (Å²) in [4.78, 5) is 5.06. The van der Waals surface area contributed by atoms with Crippen molar-refractivity contribution in [2.24, 2.45) is 5.73 Å². The summed E-state index contributed by atoms with van der Waals surface area (Å²) in [5.74, 6) is 1.28. The average Bonchev–Trinajstić information content (AvgIpc) is 2.62. The van der Waals surface area contributed by atoms with Gasteiger partial charge in [-0.1, -0.05) is 6.92 Å². The Morgan fingerprint density at radius 2 is 2.00 bits per heavy atom. The van der Waals surface area contributed by atoms with Crippen molar-refractivity contribution in [3.05, 3.63) is 0 Å². The van der Waals surface area contributed by atoms with E-state index in [-0.39, 0.29) is 0 Å². The van der Waals surface area contributed by atoms with E-state index in [1.54, 1.807) is 0 Å². The first-order valence-corrected chi connectivity index (χ1v) is 6.99. The smallest absolute Gasteiger partial charge is 0.0456 e. The van der Waals surface area contributed by atoms with Gasteiger partial charge in [0.1, 0.15) is 0 Å². The quantitative estimate of drug-likeness (QED) is 0.745. The minimum atomic E-state index is 0.298. The molecular formula is C11H23N3S. The highest BCUT2D eigenvalue weighted by Gasteiger charge is 2.44. The molecule has 3 nitrogen and oxygen atoms in total. The fourth-order valence-corrected chi connectivity index (χ4v) is 4.33. The summed E-state index contributed by atoms with van der Waals surface area (Å²) >= 11 is 2.09. The van der Waals surface area contributed by atoms with Crippen LogP contribution >= 0.6 is 11.8 Å². The summed E-state index contributed by atoms with van der Waals surface area (Å²) in [7, 11) is 2.21. The number of thioether (sulfide) groups is 1. The minimum Gasteiger partial charge on any atom is -0.329 e. The molecule has 0 spiro atoms. The van der Waals surface area contributed by atoms with E-state index in [0.29, 0.717) is 10.8 Å². The van der Waals surface area contributed by atoms with Crippen LogP contribution in [0.25, 0.3) is 0 Å². The monoisotopic (exact) mass is 229 g/mol. The number of rotatable bonds is 2. The van der Waals surface area contributed by atoms with Gasteiger partial charge in [-0.15, -0.1) is 0 Å². The lowest BCUT2D eigenvalue weighted by Gasteiger charge is -2.47. The highest BCUT2D eigenvalue weighted by atomic mass is 32.2. The van der Waals surface area contributed by atoms with Gasteiger partial charge in [0.15, 0.2) is 0 Å². The molecule has 2 N–H and O–H groups in total. The summed E-state index contributed by atoms with van der Waals surface area (Å²) in [6.45, 7) is 7.95. The van der Waals surface area contributed by atoms with Gasteiger partial charge in [-0.05, 0) is 19.2 Å². The third-order valence-corrected chi connectivity index (χ3v) is 5.52. The van der Waals surface area contributed by atoms with Crippen LogP contribution in [0.2, 0.25) is 0 Å². The van der Waals surface area contributed by atoms with Gasteiger partial charge in [-0.2, -0.15) is 11.8 Å². The zero-order valence-corrected chi connectivity index (χ0v) is 10.7. The highest BCUT2D eigenvalue weighted by Crippen LogP contribution is 2.39. The Morgan fingerprint density at radius 3 is 2.47 bits per heavy atom. The lowest BCUT2D eigenvalue weighted by Crippen LogP contribution is -2.62. The van der Waals surface area contributed by atoms with Gasteiger partial charge in [0, 0.05) is 43.5 Å². The molecule has 0 bridgehead atoms. The fraction of sp³-hybridized carbons (Fsp3) is 1.00. The van der Waals surface area contributed by atoms with Gasteiger partial charge in [0.25, 0.3) is 0 Å². The maximum Gasteiger partial charge on any atom is 0.0456 e. The average molecular weight is 229 g/mol. The number of nitrogens with zero attached hydrogens (tertiary/aromatic N) is 2. The highest BCUT2D eigenvalue weighted by molar-refractivity contribution is 8.00. The van der Waals surface area contributed by atoms with Gasteiger partial charge in [0.05, 0.1) is 0 Å². The van der Waals surface area contributed by atoms with Crippen LogP contribution in [0.1, 0.15) is 13.3 Å². The first kappa shape index (κ1) is 11.7. The molecule has 2 atom stereocenters. The third kappa shape index (κ3) is 2.05. The largest absolute Gasteiger partial charge is 0.329 e. The first-order valence-electron chi connectivity index (χ1n) is 5.94. The second-order valence-corrected chi connectivity index (χ2v) is 6.31. The Hall–Kier alpha value is 0.230. The molecule has 15 heavy (non-hydrogen) atoms. The van der Waals surface area contributed by atoms with Crippen LogP contribution < -0.4 is 5.73 Å². The first-order chi connectivity index (χ1) is 7.19. The molecule has 2 aliphatic heterocycles. The van der Waals surface area contributed by atoms with Crippen LogP contribution in [0.15, 0.2) is 0 Å². The number of piperazine rings is 1. The van der Waals surface area contributed by atoms with Gasteiger partial charge in [-0.3, -0.25) is 4.90 Å². The van der Waals surface area contributed by atoms with Crippen molar-refractivity contribution >= 4 is 11.8 Å². The van der Waals surface area contributed by atoms with E-state index >= 15 is 0 Å². The van der Waals surface area contributed by atoms with Gasteiger partial charge < -0.3 is 10.6 Å². The molecule has 2 fully saturated rings. The van der Waals surface area contributed by atoms with Crippen LogP contribution in [0.3, 0.4) is 0 Å². The zero-order valence-electron chi connectivity index (χ0n) is 9.91. The van der Waals surface area contributed by atoms with Crippen molar-refractivity contribution in [2.45, 2.75) is 24.1 Å². The summed E-state index contributed by atoms with van der Waals surface area (Å²) in [5.41, 5.74) is 6.35. The molecule has 2 aliphatic rings. The molecule has 0 aromatic heterocycles. The van der Waals surface area contributed by atoms with Crippen LogP contribution in [-0.2, 0) is 0 Å². The molecule has 0 aromatic rings. The Morgan fingerprint density at radius 1 is 1.33 bits per heavy atom. The van der Waals surface area contributed by atoms with Crippen molar-refractivity contribution in [3.8, 4) is 0 Å². The molecule has 0 aliphatic carbocycles. The third-order valence-electron chi connectivity index (χ3n) is 4.15. The normalized spacial score (nSPS) is 39.8. The van der Waals surface area contributed by atoms with E-state index in [1.807, 2.05) is 0 Å². The van der Waals surface area contributed by atoms with Gasteiger partial charge in [-0.25, -0.2) is 0 Å². The maximum atomic E-state index is 6.06. The van der Waals surface area contributed by atoms with E-state index < -0.39 is 0 Å². The van der Waals surface area contributed by atoms with Gasteiger partial charge >= 0.3 is 0 Å². The molecule has 0 amide bonds. The van der Waals surface area contributed by atoms with Crippen molar-refractivity contribution in [3.63, 3.8) is 0 Å². The standard InChI is InChI=1S/C11H23N3S/c1-10-11(9-12,3-8-15-10)14-6-4-13(2)5-7-14/h10H,3-9,12H2,1-2H3. The molecule has 2 unspecified atom stereocenters. The minimum absolute atomic E-state index is 0.298. The van der Waals surface area contributed by atoms with E-state index in [2.05, 4.69) is 35.5 Å². The van der Waals surface area contributed by atoms with Gasteiger partial charge in [0.2, 0.25) is 0 Å². The van der Waals surface area contributed by atoms with Crippen molar-refractivity contribution in [1.29, 1.82) is 0 Å². The van der Waals surface area contributed by atoms with Crippen molar-refractivity contribution < 1.29 is 0 Å². The molecule has 88 valence electrons. The summed E-state index contributed by atoms with van der Waals surface area (Å²) in [5, 5.41) is 0.700. The number of likely N-dealkylation sites (N-methyl/N-ethyl adjacent to an activating group) is 1. The van der Waals surface area contributed by atoms with Crippen molar-refractivity contribution in [1.82, 2.24) is 9.80 Å². The Labute approximate surface area is 97.4 Å². The van der Waals surface area contributed by atoms with E-state index in [4.69, 9.17) is 5.73 Å². The van der Waals surface area contributed by atoms with Crippen LogP contribution in [0.4, 0.5) is 0 Å². The lowest BCUT2D eigenvalue weighted by molar-refractivity contribution is 0.0474. The summed E-state index contributed by atoms with van der Waals surface area (Å²) < 4.78 is 0. The second kappa shape index (κ2) is 4.62. The molecule has 2 saturated heterocycles. The molecule has 0 aromatic carbocycles. The molecule has 4 heteroatoms. The number of hydrogen-bond donors (Lipinski definition) is 1. The molecule has 0 radical (unpaired) electrons. The second-order valence-electron chi connectivity index (χ2n) is 4.86. The van der Waals surface area contributed by atoms with E-state index in [1.165, 1.54) is 38.4 Å². The SMILES string of the molecule is CC1SCCC1(CN)N1CCN(C)CC1. The molecule has 2 rings (SSSR count). The molecular weight excluding hydrogens is 206 g/mol. The Bertz CT molecular complexity index is 216. The predicted molar refractivity (Wildman–Crippen MR) is 67.4 cm³/mol. The number of hydrogen-bond acceptors (Lipinski definition) is 4. The Balaban J connectivity index is 2.06. The molecule has 2 heterocycles. The van der Waals surface area contributed by atoms with Crippen LogP contribution in [0.5, 0.6) is 0 Å². The predicted octanol–water partition coefficient (Wildman–Crippen LogP) is 0.457. The van der Waals surface area contributed by atoms with Crippen LogP contribution in [0, 0.1) is 0 Å². The summed E-state index contributed by atoms with van der Waals surface area (Å²) in [6, 6.07) is 0. The molecule has 0 saturated carbocycles. The van der Waals surface area contributed by atoms with Crippen molar-refractivity contribution in [2.75, 3.05) is 45.5 Å².